The first kappa shape index (κ1) is 14.4. The van der Waals surface area contributed by atoms with Crippen molar-refractivity contribution in [3.05, 3.63) is 44.8 Å². The molecule has 2 aromatic rings. The topological polar surface area (TPSA) is 72.2 Å². The molecular formula is C11H10BrFN2O2S2. The fourth-order valence-corrected chi connectivity index (χ4v) is 3.92. The van der Waals surface area contributed by atoms with Crippen LogP contribution in [0.1, 0.15) is 4.88 Å². The Labute approximate surface area is 122 Å². The molecule has 2 rings (SSSR count). The van der Waals surface area contributed by atoms with Crippen molar-refractivity contribution in [3.8, 4) is 0 Å². The Hall–Kier alpha value is -0.960. The molecule has 0 amide bonds. The van der Waals surface area contributed by atoms with E-state index in [2.05, 4.69) is 20.7 Å². The van der Waals surface area contributed by atoms with Gasteiger partial charge in [-0.25, -0.2) is 17.5 Å². The largest absolute Gasteiger partial charge is 0.399 e. The van der Waals surface area contributed by atoms with E-state index >= 15 is 0 Å². The van der Waals surface area contributed by atoms with Crippen molar-refractivity contribution in [3.63, 3.8) is 0 Å². The van der Waals surface area contributed by atoms with Crippen molar-refractivity contribution < 1.29 is 12.8 Å². The summed E-state index contributed by atoms with van der Waals surface area (Å²) in [5.41, 5.74) is 5.70. The summed E-state index contributed by atoms with van der Waals surface area (Å²) in [6.07, 6.45) is 0. The van der Waals surface area contributed by atoms with Gasteiger partial charge in [-0.1, -0.05) is 6.07 Å². The number of anilines is 1. The number of nitrogens with two attached hydrogens (primary N) is 1. The molecule has 0 aliphatic heterocycles. The summed E-state index contributed by atoms with van der Waals surface area (Å²) in [4.78, 5) is 0.378. The smallest absolute Gasteiger partial charge is 0.243 e. The second-order valence-electron chi connectivity index (χ2n) is 3.72. The van der Waals surface area contributed by atoms with Gasteiger partial charge in [-0.05, 0) is 39.5 Å². The molecule has 3 N–H and O–H groups in total. The van der Waals surface area contributed by atoms with Crippen LogP contribution in [0.15, 0.2) is 39.0 Å². The molecule has 0 aliphatic rings. The van der Waals surface area contributed by atoms with Gasteiger partial charge < -0.3 is 5.73 Å². The van der Waals surface area contributed by atoms with E-state index in [0.717, 1.165) is 10.9 Å². The lowest BCUT2D eigenvalue weighted by molar-refractivity contribution is 0.554. The molecule has 4 nitrogen and oxygen atoms in total. The predicted molar refractivity (Wildman–Crippen MR) is 76.9 cm³/mol. The van der Waals surface area contributed by atoms with E-state index in [1.165, 1.54) is 17.4 Å². The Bertz CT molecular complexity index is 687. The highest BCUT2D eigenvalue weighted by molar-refractivity contribution is 9.10. The highest BCUT2D eigenvalue weighted by atomic mass is 79.9. The van der Waals surface area contributed by atoms with Gasteiger partial charge in [-0.3, -0.25) is 0 Å². The minimum absolute atomic E-state index is 0.0176. The fourth-order valence-electron chi connectivity index (χ4n) is 1.44. The number of benzene rings is 1. The van der Waals surface area contributed by atoms with Crippen molar-refractivity contribution in [2.24, 2.45) is 0 Å². The van der Waals surface area contributed by atoms with Crippen LogP contribution >= 0.6 is 27.3 Å². The van der Waals surface area contributed by atoms with Crippen molar-refractivity contribution in [2.45, 2.75) is 11.4 Å². The van der Waals surface area contributed by atoms with E-state index in [-0.39, 0.29) is 16.7 Å². The third kappa shape index (κ3) is 3.33. The monoisotopic (exact) mass is 364 g/mol. The first-order chi connectivity index (χ1) is 8.90. The molecule has 0 atom stereocenters. The Kier molecular flexibility index (Phi) is 4.24. The Morgan fingerprint density at radius 1 is 1.42 bits per heavy atom. The van der Waals surface area contributed by atoms with E-state index in [4.69, 9.17) is 5.73 Å². The van der Waals surface area contributed by atoms with Gasteiger partial charge in [0.25, 0.3) is 0 Å². The number of nitrogen functional groups attached to an aromatic ring is 1. The molecule has 0 saturated heterocycles. The van der Waals surface area contributed by atoms with Crippen LogP contribution in [-0.4, -0.2) is 8.42 Å². The van der Waals surface area contributed by atoms with Crippen LogP contribution in [0.5, 0.6) is 0 Å². The van der Waals surface area contributed by atoms with Crippen LogP contribution < -0.4 is 10.5 Å². The molecule has 0 unspecified atom stereocenters. The van der Waals surface area contributed by atoms with Crippen molar-refractivity contribution >= 4 is 43.0 Å². The number of sulfonamides is 1. The van der Waals surface area contributed by atoms with Crippen LogP contribution in [0.2, 0.25) is 0 Å². The normalized spacial score (nSPS) is 11.7. The molecule has 8 heteroatoms. The third-order valence-electron chi connectivity index (χ3n) is 2.32. The van der Waals surface area contributed by atoms with Crippen molar-refractivity contribution in [2.75, 3.05) is 5.73 Å². The van der Waals surface area contributed by atoms with Gasteiger partial charge in [0.2, 0.25) is 10.0 Å². The zero-order valence-corrected chi connectivity index (χ0v) is 12.8. The molecule has 0 bridgehead atoms. The summed E-state index contributed by atoms with van der Waals surface area (Å²) in [6, 6.07) is 6.01. The molecule has 0 fully saturated rings. The number of hydrogen-bond donors (Lipinski definition) is 2. The maximum Gasteiger partial charge on any atom is 0.243 e. The maximum absolute atomic E-state index is 13.8. The molecule has 0 saturated carbocycles. The van der Waals surface area contributed by atoms with E-state index < -0.39 is 20.7 Å². The lowest BCUT2D eigenvalue weighted by Gasteiger charge is -2.09. The van der Waals surface area contributed by atoms with Crippen LogP contribution in [0.4, 0.5) is 10.1 Å². The zero-order valence-electron chi connectivity index (χ0n) is 9.56. The quantitative estimate of drug-likeness (QED) is 0.819. The van der Waals surface area contributed by atoms with E-state index in [0.29, 0.717) is 0 Å². The molecule has 0 aliphatic carbocycles. The minimum Gasteiger partial charge on any atom is -0.399 e. The predicted octanol–water partition coefficient (Wildman–Crippen LogP) is 2.71. The first-order valence-corrected chi connectivity index (χ1v) is 8.32. The van der Waals surface area contributed by atoms with Crippen LogP contribution in [-0.2, 0) is 16.6 Å². The molecule has 19 heavy (non-hydrogen) atoms. The number of thiophene rings is 1. The number of halogens is 2. The van der Waals surface area contributed by atoms with E-state index in [1.807, 2.05) is 11.4 Å². The Morgan fingerprint density at radius 3 is 2.79 bits per heavy atom. The van der Waals surface area contributed by atoms with Crippen LogP contribution in [0.25, 0.3) is 0 Å². The second kappa shape index (κ2) is 5.58. The number of nitrogens with one attached hydrogen (secondary N) is 1. The summed E-state index contributed by atoms with van der Waals surface area (Å²) in [6.45, 7) is 0.117. The third-order valence-corrected chi connectivity index (χ3v) is 5.18. The highest BCUT2D eigenvalue weighted by Gasteiger charge is 2.21. The molecule has 102 valence electrons. The Balaban J connectivity index is 2.29. The van der Waals surface area contributed by atoms with Crippen LogP contribution in [0, 0.1) is 5.82 Å². The average molecular weight is 365 g/mol. The second-order valence-corrected chi connectivity index (χ2v) is 7.34. The highest BCUT2D eigenvalue weighted by Crippen LogP contribution is 2.26. The molecule has 0 spiro atoms. The maximum atomic E-state index is 13.8. The number of rotatable bonds is 4. The molecule has 1 heterocycles. The Morgan fingerprint density at radius 2 is 2.16 bits per heavy atom. The number of hydrogen-bond acceptors (Lipinski definition) is 4. The van der Waals surface area contributed by atoms with Crippen LogP contribution in [0.3, 0.4) is 0 Å². The fraction of sp³-hybridized carbons (Fsp3) is 0.0909. The lowest BCUT2D eigenvalue weighted by Crippen LogP contribution is -2.24. The zero-order chi connectivity index (χ0) is 14.0. The van der Waals surface area contributed by atoms with Crippen molar-refractivity contribution in [1.29, 1.82) is 0 Å². The van der Waals surface area contributed by atoms with Gasteiger partial charge in [0.05, 0.1) is 4.47 Å². The summed E-state index contributed by atoms with van der Waals surface area (Å²) >= 11 is 4.35. The van der Waals surface area contributed by atoms with Gasteiger partial charge in [0.15, 0.2) is 5.82 Å². The minimum atomic E-state index is -3.94. The standard InChI is InChI=1S/C11H10BrFN2O2S2/c12-9-4-7(14)5-10(11(9)13)19(16,17)15-6-8-2-1-3-18-8/h1-5,15H,6,14H2. The summed E-state index contributed by atoms with van der Waals surface area (Å²) in [5, 5.41) is 1.83. The van der Waals surface area contributed by atoms with E-state index in [1.54, 1.807) is 6.07 Å². The van der Waals surface area contributed by atoms with E-state index in [9.17, 15) is 12.8 Å². The van der Waals surface area contributed by atoms with Gasteiger partial charge in [-0.15, -0.1) is 11.3 Å². The summed E-state index contributed by atoms with van der Waals surface area (Å²) < 4.78 is 40.2. The van der Waals surface area contributed by atoms with Gasteiger partial charge in [0.1, 0.15) is 4.90 Å². The SMILES string of the molecule is Nc1cc(Br)c(F)c(S(=O)(=O)NCc2cccs2)c1. The molecule has 0 radical (unpaired) electrons. The lowest BCUT2D eigenvalue weighted by atomic mass is 10.3. The molecular weight excluding hydrogens is 355 g/mol. The van der Waals surface area contributed by atoms with Gasteiger partial charge in [-0.2, -0.15) is 0 Å². The summed E-state index contributed by atoms with van der Waals surface area (Å²) in [5.74, 6) is -0.854. The summed E-state index contributed by atoms with van der Waals surface area (Å²) in [7, 11) is -3.94. The first-order valence-electron chi connectivity index (χ1n) is 5.17. The van der Waals surface area contributed by atoms with Crippen molar-refractivity contribution in [1.82, 2.24) is 4.72 Å². The molecule has 1 aromatic heterocycles. The average Bonchev–Trinajstić information content (AvgIpc) is 2.84. The van der Waals surface area contributed by atoms with Gasteiger partial charge >= 0.3 is 0 Å². The van der Waals surface area contributed by atoms with Gasteiger partial charge in [0, 0.05) is 17.1 Å². The molecule has 1 aromatic carbocycles.